The zero-order valence-electron chi connectivity index (χ0n) is 11.1. The Kier molecular flexibility index (Phi) is 3.98. The minimum absolute atomic E-state index is 0.137. The minimum atomic E-state index is -2.09. The van der Waals surface area contributed by atoms with Gasteiger partial charge in [-0.05, 0) is 27.2 Å². The first-order chi connectivity index (χ1) is 8.45. The van der Waals surface area contributed by atoms with Gasteiger partial charge in [-0.15, -0.1) is 0 Å². The van der Waals surface area contributed by atoms with Crippen LogP contribution in [0.1, 0.15) is 45.2 Å². The molecule has 1 aromatic rings. The van der Waals surface area contributed by atoms with Crippen molar-refractivity contribution in [2.45, 2.75) is 45.3 Å². The van der Waals surface area contributed by atoms with Crippen LogP contribution in [0.2, 0.25) is 0 Å². The van der Waals surface area contributed by atoms with Crippen molar-refractivity contribution in [2.24, 2.45) is 0 Å². The highest BCUT2D eigenvalue weighted by Crippen LogP contribution is 2.37. The highest BCUT2D eigenvalue weighted by molar-refractivity contribution is 5.35. The van der Waals surface area contributed by atoms with Crippen LogP contribution in [-0.4, -0.2) is 10.2 Å². The number of hydrogen-bond acceptors (Lipinski definition) is 2. The van der Waals surface area contributed by atoms with Crippen LogP contribution in [0.5, 0.6) is 0 Å². The third-order valence-corrected chi connectivity index (χ3v) is 3.10. The van der Waals surface area contributed by atoms with Gasteiger partial charge in [-0.2, -0.15) is 0 Å². The molecule has 0 aliphatic heterocycles. The maximum absolute atomic E-state index is 13.9. The van der Waals surface area contributed by atoms with Gasteiger partial charge in [0.1, 0.15) is 0 Å². The first-order valence-electron chi connectivity index (χ1n) is 5.76. The van der Waals surface area contributed by atoms with E-state index in [0.717, 1.165) is 20.8 Å². The Labute approximate surface area is 108 Å². The number of aliphatic hydroxyl groups is 2. The fourth-order valence-electron chi connectivity index (χ4n) is 1.82. The van der Waals surface area contributed by atoms with Crippen molar-refractivity contribution in [3.8, 4) is 0 Å². The number of hydrogen-bond donors (Lipinski definition) is 2. The lowest BCUT2D eigenvalue weighted by Crippen LogP contribution is -2.29. The van der Waals surface area contributed by atoms with E-state index in [1.54, 1.807) is 0 Å². The van der Waals surface area contributed by atoms with Crippen LogP contribution in [0.15, 0.2) is 0 Å². The summed E-state index contributed by atoms with van der Waals surface area (Å²) in [4.78, 5) is 0. The van der Waals surface area contributed by atoms with Gasteiger partial charge in [0.2, 0.25) is 0 Å². The van der Waals surface area contributed by atoms with Gasteiger partial charge < -0.3 is 10.2 Å². The monoisotopic (exact) mass is 280 g/mol. The summed E-state index contributed by atoms with van der Waals surface area (Å²) in [6.07, 6.45) is -0.137. The van der Waals surface area contributed by atoms with Crippen LogP contribution in [0.4, 0.5) is 17.6 Å². The molecule has 0 fully saturated rings. The molecule has 2 N–H and O–H groups in total. The second-order valence-electron chi connectivity index (χ2n) is 5.19. The van der Waals surface area contributed by atoms with E-state index in [-0.39, 0.29) is 6.42 Å². The molecule has 108 valence electrons. The lowest BCUT2D eigenvalue weighted by Gasteiger charge is -2.27. The standard InChI is InChI=1S/C13H16F4O2/c1-5-13(4,19)7-10(16)8(14)6(12(2,3)18)9(15)11(7)17/h18-19H,5H2,1-4H3. The summed E-state index contributed by atoms with van der Waals surface area (Å²) in [5.41, 5.74) is -6.31. The normalized spacial score (nSPS) is 15.5. The maximum atomic E-state index is 13.9. The summed E-state index contributed by atoms with van der Waals surface area (Å²) in [5.74, 6) is -6.78. The lowest BCUT2D eigenvalue weighted by atomic mass is 9.87. The summed E-state index contributed by atoms with van der Waals surface area (Å²) in [5, 5.41) is 19.4. The molecule has 0 spiro atoms. The van der Waals surface area contributed by atoms with Crippen molar-refractivity contribution in [2.75, 3.05) is 0 Å². The lowest BCUT2D eigenvalue weighted by molar-refractivity contribution is 0.0401. The highest BCUT2D eigenvalue weighted by Gasteiger charge is 2.38. The fraction of sp³-hybridized carbons (Fsp3) is 0.538. The van der Waals surface area contributed by atoms with Crippen molar-refractivity contribution in [3.05, 3.63) is 34.4 Å². The molecule has 0 radical (unpaired) electrons. The van der Waals surface area contributed by atoms with Crippen molar-refractivity contribution >= 4 is 0 Å². The molecule has 0 saturated carbocycles. The van der Waals surface area contributed by atoms with Crippen LogP contribution in [0.25, 0.3) is 0 Å². The summed E-state index contributed by atoms with van der Waals surface area (Å²) in [6.45, 7) is 4.48. The van der Waals surface area contributed by atoms with E-state index in [4.69, 9.17) is 0 Å². The van der Waals surface area contributed by atoms with Gasteiger partial charge in [-0.1, -0.05) is 6.92 Å². The van der Waals surface area contributed by atoms with Crippen molar-refractivity contribution < 1.29 is 27.8 Å². The van der Waals surface area contributed by atoms with E-state index < -0.39 is 45.6 Å². The Bertz CT molecular complexity index is 475. The fourth-order valence-corrected chi connectivity index (χ4v) is 1.82. The SMILES string of the molecule is CCC(C)(O)c1c(F)c(F)c(C(C)(C)O)c(F)c1F. The quantitative estimate of drug-likeness (QED) is 0.660. The van der Waals surface area contributed by atoms with Gasteiger partial charge in [0.05, 0.1) is 22.3 Å². The van der Waals surface area contributed by atoms with Crippen LogP contribution in [0.3, 0.4) is 0 Å². The van der Waals surface area contributed by atoms with Gasteiger partial charge >= 0.3 is 0 Å². The summed E-state index contributed by atoms with van der Waals surface area (Å²) >= 11 is 0. The average molecular weight is 280 g/mol. The molecular weight excluding hydrogens is 264 g/mol. The van der Waals surface area contributed by atoms with Crippen LogP contribution in [-0.2, 0) is 11.2 Å². The van der Waals surface area contributed by atoms with Crippen LogP contribution in [0, 0.1) is 23.3 Å². The molecule has 0 aliphatic rings. The molecule has 1 atom stereocenters. The molecular formula is C13H16F4O2. The first kappa shape index (κ1) is 15.9. The number of benzene rings is 1. The van der Waals surface area contributed by atoms with Crippen LogP contribution >= 0.6 is 0 Å². The van der Waals surface area contributed by atoms with E-state index in [1.807, 2.05) is 0 Å². The molecule has 0 saturated heterocycles. The van der Waals surface area contributed by atoms with E-state index in [1.165, 1.54) is 6.92 Å². The smallest absolute Gasteiger partial charge is 0.168 e. The molecule has 1 aromatic carbocycles. The molecule has 2 nitrogen and oxygen atoms in total. The van der Waals surface area contributed by atoms with E-state index >= 15 is 0 Å². The Hall–Kier alpha value is -1.14. The van der Waals surface area contributed by atoms with Gasteiger partial charge in [0, 0.05) is 0 Å². The molecule has 19 heavy (non-hydrogen) atoms. The third kappa shape index (κ3) is 2.60. The van der Waals surface area contributed by atoms with Gasteiger partial charge in [-0.25, -0.2) is 17.6 Å². The largest absolute Gasteiger partial charge is 0.386 e. The topological polar surface area (TPSA) is 40.5 Å². The zero-order valence-corrected chi connectivity index (χ0v) is 11.1. The molecule has 1 unspecified atom stereocenters. The molecule has 0 aliphatic carbocycles. The molecule has 0 heterocycles. The van der Waals surface area contributed by atoms with Crippen LogP contribution < -0.4 is 0 Å². The third-order valence-electron chi connectivity index (χ3n) is 3.10. The van der Waals surface area contributed by atoms with Gasteiger partial charge in [0.15, 0.2) is 23.3 Å². The molecule has 6 heteroatoms. The van der Waals surface area contributed by atoms with Crippen molar-refractivity contribution in [1.29, 1.82) is 0 Å². The van der Waals surface area contributed by atoms with E-state index in [0.29, 0.717) is 0 Å². The molecule has 0 bridgehead atoms. The van der Waals surface area contributed by atoms with Crippen molar-refractivity contribution in [3.63, 3.8) is 0 Å². The predicted molar refractivity (Wildman–Crippen MR) is 61.4 cm³/mol. The molecule has 1 rings (SSSR count). The Balaban J connectivity index is 3.77. The first-order valence-corrected chi connectivity index (χ1v) is 5.76. The Morgan fingerprint density at radius 2 is 1.11 bits per heavy atom. The van der Waals surface area contributed by atoms with E-state index in [2.05, 4.69) is 0 Å². The predicted octanol–water partition coefficient (Wildman–Crippen LogP) is 3.09. The van der Waals surface area contributed by atoms with Gasteiger partial charge in [-0.3, -0.25) is 0 Å². The molecule has 0 amide bonds. The Morgan fingerprint density at radius 3 is 1.37 bits per heavy atom. The average Bonchev–Trinajstić information content (AvgIpc) is 2.25. The second-order valence-corrected chi connectivity index (χ2v) is 5.19. The number of rotatable bonds is 3. The van der Waals surface area contributed by atoms with Crippen molar-refractivity contribution in [1.82, 2.24) is 0 Å². The second kappa shape index (κ2) is 4.76. The summed E-state index contributed by atoms with van der Waals surface area (Å²) in [7, 11) is 0. The zero-order chi connectivity index (χ0) is 15.2. The summed E-state index contributed by atoms with van der Waals surface area (Å²) < 4.78 is 55.4. The highest BCUT2D eigenvalue weighted by atomic mass is 19.2. The minimum Gasteiger partial charge on any atom is -0.386 e. The summed E-state index contributed by atoms with van der Waals surface area (Å²) in [6, 6.07) is 0. The van der Waals surface area contributed by atoms with Gasteiger partial charge in [0.25, 0.3) is 0 Å². The molecule has 0 aromatic heterocycles. The maximum Gasteiger partial charge on any atom is 0.168 e. The Morgan fingerprint density at radius 1 is 0.789 bits per heavy atom. The number of halogens is 4. The van der Waals surface area contributed by atoms with E-state index in [9.17, 15) is 27.8 Å².